The molecule has 1 aromatic rings. The molecule has 96 valence electrons. The SMILES string of the molecule is CCOC(=O)c1cc(C(F)(F)F)c(F)cc1C#N. The maximum absolute atomic E-state index is 13.1. The van der Waals surface area contributed by atoms with Gasteiger partial charge in [-0.3, -0.25) is 0 Å². The van der Waals surface area contributed by atoms with E-state index < -0.39 is 34.7 Å². The van der Waals surface area contributed by atoms with Crippen molar-refractivity contribution in [3.8, 4) is 6.07 Å². The smallest absolute Gasteiger partial charge is 0.419 e. The molecule has 0 N–H and O–H groups in total. The Morgan fingerprint density at radius 2 is 2.06 bits per heavy atom. The molecule has 0 radical (unpaired) electrons. The second kappa shape index (κ2) is 5.04. The van der Waals surface area contributed by atoms with Crippen molar-refractivity contribution in [2.24, 2.45) is 0 Å². The summed E-state index contributed by atoms with van der Waals surface area (Å²) in [7, 11) is 0. The number of rotatable bonds is 2. The van der Waals surface area contributed by atoms with Crippen molar-refractivity contribution in [3.63, 3.8) is 0 Å². The molecule has 0 saturated carbocycles. The lowest BCUT2D eigenvalue weighted by Crippen LogP contribution is -2.13. The van der Waals surface area contributed by atoms with Crippen molar-refractivity contribution in [2.45, 2.75) is 13.1 Å². The van der Waals surface area contributed by atoms with E-state index in [4.69, 9.17) is 5.26 Å². The average Bonchev–Trinajstić information content (AvgIpc) is 2.27. The van der Waals surface area contributed by atoms with Gasteiger partial charge in [0.1, 0.15) is 11.9 Å². The Morgan fingerprint density at radius 1 is 1.44 bits per heavy atom. The summed E-state index contributed by atoms with van der Waals surface area (Å²) in [6, 6.07) is 2.10. The van der Waals surface area contributed by atoms with Gasteiger partial charge in [-0.25, -0.2) is 9.18 Å². The highest BCUT2D eigenvalue weighted by Gasteiger charge is 2.35. The van der Waals surface area contributed by atoms with E-state index in [0.717, 1.165) is 0 Å². The lowest BCUT2D eigenvalue weighted by atomic mass is 10.0. The van der Waals surface area contributed by atoms with Crippen LogP contribution in [0.1, 0.15) is 28.4 Å². The first-order valence-electron chi connectivity index (χ1n) is 4.79. The summed E-state index contributed by atoms with van der Waals surface area (Å²) in [4.78, 5) is 11.4. The van der Waals surface area contributed by atoms with Crippen molar-refractivity contribution >= 4 is 5.97 Å². The summed E-state index contributed by atoms with van der Waals surface area (Å²) in [6.07, 6.45) is -4.95. The number of hydrogen-bond acceptors (Lipinski definition) is 3. The first kappa shape index (κ1) is 14.0. The zero-order valence-corrected chi connectivity index (χ0v) is 9.14. The highest BCUT2D eigenvalue weighted by Crippen LogP contribution is 2.33. The van der Waals surface area contributed by atoms with Crippen LogP contribution >= 0.6 is 0 Å². The average molecular weight is 261 g/mol. The second-order valence-electron chi connectivity index (χ2n) is 3.21. The van der Waals surface area contributed by atoms with Crippen molar-refractivity contribution in [1.82, 2.24) is 0 Å². The molecule has 0 amide bonds. The fourth-order valence-corrected chi connectivity index (χ4v) is 1.26. The highest BCUT2D eigenvalue weighted by molar-refractivity contribution is 5.92. The van der Waals surface area contributed by atoms with Gasteiger partial charge in [-0.05, 0) is 19.1 Å². The zero-order chi connectivity index (χ0) is 13.9. The number of halogens is 4. The first-order valence-corrected chi connectivity index (χ1v) is 4.79. The molecule has 0 unspecified atom stereocenters. The van der Waals surface area contributed by atoms with Gasteiger partial charge in [0.25, 0.3) is 0 Å². The number of ether oxygens (including phenoxy) is 1. The van der Waals surface area contributed by atoms with E-state index >= 15 is 0 Å². The topological polar surface area (TPSA) is 50.1 Å². The van der Waals surface area contributed by atoms with Gasteiger partial charge in [0, 0.05) is 0 Å². The van der Waals surface area contributed by atoms with E-state index in [-0.39, 0.29) is 12.7 Å². The summed E-state index contributed by atoms with van der Waals surface area (Å²) < 4.78 is 55.0. The molecule has 18 heavy (non-hydrogen) atoms. The van der Waals surface area contributed by atoms with Crippen LogP contribution in [0.2, 0.25) is 0 Å². The van der Waals surface area contributed by atoms with Gasteiger partial charge in [0.05, 0.1) is 23.3 Å². The Balaban J connectivity index is 3.42. The normalized spacial score (nSPS) is 10.9. The van der Waals surface area contributed by atoms with E-state index in [0.29, 0.717) is 6.07 Å². The Labute approximate surface area is 99.6 Å². The van der Waals surface area contributed by atoms with Crippen molar-refractivity contribution < 1.29 is 27.1 Å². The van der Waals surface area contributed by atoms with E-state index in [9.17, 15) is 22.4 Å². The Kier molecular flexibility index (Phi) is 3.91. The van der Waals surface area contributed by atoms with Crippen LogP contribution in [0.25, 0.3) is 0 Å². The molecule has 0 bridgehead atoms. The van der Waals surface area contributed by atoms with E-state index in [1.54, 1.807) is 0 Å². The quantitative estimate of drug-likeness (QED) is 0.607. The molecule has 0 aliphatic rings. The van der Waals surface area contributed by atoms with Crippen LogP contribution in [0.3, 0.4) is 0 Å². The van der Waals surface area contributed by atoms with Gasteiger partial charge in [0.15, 0.2) is 0 Å². The van der Waals surface area contributed by atoms with Crippen LogP contribution in [0.15, 0.2) is 12.1 Å². The molecule has 0 saturated heterocycles. The highest BCUT2D eigenvalue weighted by atomic mass is 19.4. The third-order valence-corrected chi connectivity index (χ3v) is 2.03. The van der Waals surface area contributed by atoms with Gasteiger partial charge in [0.2, 0.25) is 0 Å². The fourth-order valence-electron chi connectivity index (χ4n) is 1.26. The molecule has 0 fully saturated rings. The molecule has 0 heterocycles. The van der Waals surface area contributed by atoms with Crippen molar-refractivity contribution in [3.05, 3.63) is 34.6 Å². The predicted octanol–water partition coefficient (Wildman–Crippen LogP) is 2.89. The zero-order valence-electron chi connectivity index (χ0n) is 9.14. The maximum atomic E-state index is 13.1. The standard InChI is InChI=1S/C11H7F4NO2/c1-2-18-10(17)7-4-8(11(13,14)15)9(12)3-6(7)5-16/h3-4H,2H2,1H3. The number of carbonyl (C=O) groups is 1. The van der Waals surface area contributed by atoms with Gasteiger partial charge in [-0.15, -0.1) is 0 Å². The minimum atomic E-state index is -4.95. The summed E-state index contributed by atoms with van der Waals surface area (Å²) in [5.74, 6) is -2.70. The molecule has 1 aromatic carbocycles. The van der Waals surface area contributed by atoms with E-state index in [2.05, 4.69) is 4.74 Å². The van der Waals surface area contributed by atoms with Gasteiger partial charge in [-0.1, -0.05) is 0 Å². The van der Waals surface area contributed by atoms with E-state index in [1.165, 1.54) is 13.0 Å². The van der Waals surface area contributed by atoms with Crippen LogP contribution < -0.4 is 0 Å². The minimum absolute atomic E-state index is 0.0670. The number of nitriles is 1. The van der Waals surface area contributed by atoms with Crippen LogP contribution in [0.4, 0.5) is 17.6 Å². The maximum Gasteiger partial charge on any atom is 0.419 e. The van der Waals surface area contributed by atoms with Crippen LogP contribution in [0, 0.1) is 17.1 Å². The molecule has 0 aliphatic carbocycles. The summed E-state index contributed by atoms with van der Waals surface area (Å²) >= 11 is 0. The number of nitrogens with zero attached hydrogens (tertiary/aromatic N) is 1. The van der Waals surface area contributed by atoms with Crippen LogP contribution in [-0.2, 0) is 10.9 Å². The predicted molar refractivity (Wildman–Crippen MR) is 52.1 cm³/mol. The largest absolute Gasteiger partial charge is 0.462 e. The number of benzene rings is 1. The van der Waals surface area contributed by atoms with Gasteiger partial charge < -0.3 is 4.74 Å². The lowest BCUT2D eigenvalue weighted by Gasteiger charge is -2.11. The Morgan fingerprint density at radius 3 is 2.50 bits per heavy atom. The number of hydrogen-bond donors (Lipinski definition) is 0. The molecule has 0 atom stereocenters. The second-order valence-corrected chi connectivity index (χ2v) is 3.21. The Hall–Kier alpha value is -2.10. The van der Waals surface area contributed by atoms with E-state index in [1.807, 2.05) is 0 Å². The number of carbonyl (C=O) groups excluding carboxylic acids is 1. The van der Waals surface area contributed by atoms with Crippen molar-refractivity contribution in [1.29, 1.82) is 5.26 Å². The molecule has 1 rings (SSSR count). The number of alkyl halides is 3. The minimum Gasteiger partial charge on any atom is -0.462 e. The van der Waals surface area contributed by atoms with Crippen LogP contribution in [-0.4, -0.2) is 12.6 Å². The van der Waals surface area contributed by atoms with Crippen LogP contribution in [0.5, 0.6) is 0 Å². The molecule has 0 aromatic heterocycles. The van der Waals surface area contributed by atoms with Gasteiger partial charge >= 0.3 is 12.1 Å². The first-order chi connectivity index (χ1) is 8.31. The number of esters is 1. The molecule has 7 heteroatoms. The lowest BCUT2D eigenvalue weighted by molar-refractivity contribution is -0.140. The molecule has 3 nitrogen and oxygen atoms in total. The summed E-state index contributed by atoms with van der Waals surface area (Å²) in [5, 5.41) is 8.65. The third-order valence-electron chi connectivity index (χ3n) is 2.03. The molecular formula is C11H7F4NO2. The molecular weight excluding hydrogens is 254 g/mol. The van der Waals surface area contributed by atoms with Gasteiger partial charge in [-0.2, -0.15) is 18.4 Å². The Bertz CT molecular complexity index is 517. The monoisotopic (exact) mass is 261 g/mol. The summed E-state index contributed by atoms with van der Waals surface area (Å²) in [6.45, 7) is 1.39. The summed E-state index contributed by atoms with van der Waals surface area (Å²) in [5.41, 5.74) is -2.71. The van der Waals surface area contributed by atoms with Crippen molar-refractivity contribution in [2.75, 3.05) is 6.61 Å². The molecule has 0 spiro atoms. The fraction of sp³-hybridized carbons (Fsp3) is 0.273. The third kappa shape index (κ3) is 2.77. The molecule has 0 aliphatic heterocycles.